The molecule has 0 aliphatic rings. The van der Waals surface area contributed by atoms with Gasteiger partial charge in [0.2, 0.25) is 0 Å². The summed E-state index contributed by atoms with van der Waals surface area (Å²) in [6, 6.07) is 15.7. The van der Waals surface area contributed by atoms with Crippen LogP contribution in [0.25, 0.3) is 22.4 Å². The maximum atomic E-state index is 5.73. The molecule has 3 aromatic rings. The topological polar surface area (TPSA) is 26.0 Å². The smallest absolute Gasteiger partial charge is 0.153 e. The Balaban J connectivity index is 2.19. The molecular weight excluding hydrogens is 266 g/mol. The fourth-order valence-electron chi connectivity index (χ4n) is 1.65. The van der Waals surface area contributed by atoms with Crippen molar-refractivity contribution in [2.45, 2.75) is 0 Å². The number of furan rings is 1. The second kappa shape index (κ2) is 3.76. The Hall–Kier alpha value is -1.61. The van der Waals surface area contributed by atoms with Gasteiger partial charge >= 0.3 is 0 Å². The number of fused-ring (bicyclic) bond motifs is 1. The van der Waals surface area contributed by atoms with E-state index in [1.165, 1.54) is 0 Å². The number of rotatable bonds is 1. The van der Waals surface area contributed by atoms with Crippen LogP contribution in [0.5, 0.6) is 0 Å². The van der Waals surface area contributed by atoms with Gasteiger partial charge in [-0.15, -0.1) is 0 Å². The van der Waals surface area contributed by atoms with Gasteiger partial charge in [0.15, 0.2) is 5.76 Å². The second-order valence-electron chi connectivity index (χ2n) is 3.49. The zero-order valence-corrected chi connectivity index (χ0v) is 9.94. The van der Waals surface area contributed by atoms with Crippen LogP contribution >= 0.6 is 15.9 Å². The number of pyridine rings is 1. The van der Waals surface area contributed by atoms with Crippen molar-refractivity contribution >= 4 is 26.9 Å². The zero-order chi connectivity index (χ0) is 11.0. The van der Waals surface area contributed by atoms with Crippen LogP contribution in [0.3, 0.4) is 0 Å². The fraction of sp³-hybridized carbons (Fsp3) is 0. The lowest BCUT2D eigenvalue weighted by molar-refractivity contribution is 0.628. The van der Waals surface area contributed by atoms with Crippen molar-refractivity contribution in [3.8, 4) is 11.5 Å². The summed E-state index contributed by atoms with van der Waals surface area (Å²) in [7, 11) is 0. The number of hydrogen-bond donors (Lipinski definition) is 0. The molecule has 0 fully saturated rings. The average molecular weight is 274 g/mol. The Morgan fingerprint density at radius 1 is 1.00 bits per heavy atom. The van der Waals surface area contributed by atoms with Gasteiger partial charge in [-0.2, -0.15) is 0 Å². The molecule has 1 aromatic carbocycles. The van der Waals surface area contributed by atoms with Crippen LogP contribution in [0.4, 0.5) is 0 Å². The minimum atomic E-state index is 0.794. The molecule has 0 N–H and O–H groups in total. The molecule has 0 aliphatic carbocycles. The molecule has 0 saturated heterocycles. The standard InChI is InChI=1S/C13H8BrNO/c14-13-7-3-5-10(15-13)12-8-9-4-1-2-6-11(9)16-12/h1-8H. The highest BCUT2D eigenvalue weighted by atomic mass is 79.9. The summed E-state index contributed by atoms with van der Waals surface area (Å²) in [5.41, 5.74) is 1.73. The highest BCUT2D eigenvalue weighted by molar-refractivity contribution is 9.10. The second-order valence-corrected chi connectivity index (χ2v) is 4.31. The van der Waals surface area contributed by atoms with Crippen LogP contribution in [-0.2, 0) is 0 Å². The summed E-state index contributed by atoms with van der Waals surface area (Å²) in [5.74, 6) is 0.794. The molecule has 16 heavy (non-hydrogen) atoms. The molecule has 2 nitrogen and oxygen atoms in total. The molecule has 3 rings (SSSR count). The predicted molar refractivity (Wildman–Crippen MR) is 67.1 cm³/mol. The lowest BCUT2D eigenvalue weighted by atomic mass is 10.2. The molecule has 2 aromatic heterocycles. The Bertz CT molecular complexity index is 612. The minimum absolute atomic E-state index is 0.794. The van der Waals surface area contributed by atoms with Crippen molar-refractivity contribution in [2.75, 3.05) is 0 Å². The molecule has 0 radical (unpaired) electrons. The van der Waals surface area contributed by atoms with E-state index in [4.69, 9.17) is 4.42 Å². The summed E-state index contributed by atoms with van der Waals surface area (Å²) in [6.45, 7) is 0. The van der Waals surface area contributed by atoms with E-state index in [1.54, 1.807) is 0 Å². The lowest BCUT2D eigenvalue weighted by Gasteiger charge is -1.95. The molecule has 0 bridgehead atoms. The summed E-state index contributed by atoms with van der Waals surface area (Å²) in [6.07, 6.45) is 0. The van der Waals surface area contributed by atoms with Crippen molar-refractivity contribution < 1.29 is 4.42 Å². The van der Waals surface area contributed by atoms with Gasteiger partial charge in [-0.1, -0.05) is 24.3 Å². The monoisotopic (exact) mass is 273 g/mol. The van der Waals surface area contributed by atoms with E-state index in [2.05, 4.69) is 20.9 Å². The third kappa shape index (κ3) is 1.63. The van der Waals surface area contributed by atoms with Crippen LogP contribution in [0, 0.1) is 0 Å². The van der Waals surface area contributed by atoms with Crippen molar-refractivity contribution in [1.82, 2.24) is 4.98 Å². The minimum Gasteiger partial charge on any atom is -0.454 e. The van der Waals surface area contributed by atoms with E-state index in [1.807, 2.05) is 48.5 Å². The molecule has 0 spiro atoms. The molecule has 3 heteroatoms. The number of para-hydroxylation sites is 1. The Morgan fingerprint density at radius 2 is 1.88 bits per heavy atom. The summed E-state index contributed by atoms with van der Waals surface area (Å²) < 4.78 is 6.54. The van der Waals surface area contributed by atoms with Gasteiger partial charge in [0.05, 0.1) is 0 Å². The first kappa shape index (κ1) is 9.60. The van der Waals surface area contributed by atoms with Gasteiger partial charge in [0.25, 0.3) is 0 Å². The summed E-state index contributed by atoms with van der Waals surface area (Å²) in [5, 5.41) is 1.10. The Morgan fingerprint density at radius 3 is 2.69 bits per heavy atom. The first-order chi connectivity index (χ1) is 7.83. The molecule has 2 heterocycles. The molecule has 0 amide bonds. The van der Waals surface area contributed by atoms with Crippen LogP contribution in [0.2, 0.25) is 0 Å². The highest BCUT2D eigenvalue weighted by Gasteiger charge is 2.06. The lowest BCUT2D eigenvalue weighted by Crippen LogP contribution is -1.80. The van der Waals surface area contributed by atoms with E-state index in [9.17, 15) is 0 Å². The van der Waals surface area contributed by atoms with E-state index < -0.39 is 0 Å². The zero-order valence-electron chi connectivity index (χ0n) is 8.35. The molecular formula is C13H8BrNO. The third-order valence-electron chi connectivity index (χ3n) is 2.39. The van der Waals surface area contributed by atoms with Gasteiger partial charge in [-0.25, -0.2) is 4.98 Å². The Kier molecular flexibility index (Phi) is 2.26. The van der Waals surface area contributed by atoms with Gasteiger partial charge in [-0.05, 0) is 40.2 Å². The third-order valence-corrected chi connectivity index (χ3v) is 2.83. The van der Waals surface area contributed by atoms with E-state index in [-0.39, 0.29) is 0 Å². The van der Waals surface area contributed by atoms with Gasteiger partial charge in [0.1, 0.15) is 15.9 Å². The number of nitrogens with zero attached hydrogens (tertiary/aromatic N) is 1. The summed E-state index contributed by atoms with van der Waals surface area (Å²) in [4.78, 5) is 4.36. The number of benzene rings is 1. The quantitative estimate of drug-likeness (QED) is 0.620. The van der Waals surface area contributed by atoms with Gasteiger partial charge in [0, 0.05) is 5.39 Å². The van der Waals surface area contributed by atoms with Gasteiger partial charge < -0.3 is 4.42 Å². The molecule has 0 aliphatic heterocycles. The largest absolute Gasteiger partial charge is 0.454 e. The average Bonchev–Trinajstić information content (AvgIpc) is 2.72. The van der Waals surface area contributed by atoms with Crippen LogP contribution in [0.1, 0.15) is 0 Å². The van der Waals surface area contributed by atoms with Crippen molar-refractivity contribution in [2.24, 2.45) is 0 Å². The SMILES string of the molecule is Brc1cccc(-c2cc3ccccc3o2)n1. The summed E-state index contributed by atoms with van der Waals surface area (Å²) >= 11 is 3.35. The molecule has 0 unspecified atom stereocenters. The predicted octanol–water partition coefficient (Wildman–Crippen LogP) is 4.26. The Labute approximate surface area is 101 Å². The first-order valence-electron chi connectivity index (χ1n) is 4.94. The number of aromatic nitrogens is 1. The number of hydrogen-bond acceptors (Lipinski definition) is 2. The van der Waals surface area contributed by atoms with Crippen LogP contribution in [0.15, 0.2) is 57.6 Å². The maximum absolute atomic E-state index is 5.73. The normalized spacial score (nSPS) is 10.8. The van der Waals surface area contributed by atoms with E-state index in [0.29, 0.717) is 0 Å². The molecule has 0 atom stereocenters. The van der Waals surface area contributed by atoms with E-state index in [0.717, 1.165) is 27.0 Å². The van der Waals surface area contributed by atoms with Crippen molar-refractivity contribution in [3.05, 3.63) is 53.1 Å². The molecule has 78 valence electrons. The van der Waals surface area contributed by atoms with Gasteiger partial charge in [-0.3, -0.25) is 0 Å². The first-order valence-corrected chi connectivity index (χ1v) is 5.74. The fourth-order valence-corrected chi connectivity index (χ4v) is 2.00. The number of halogens is 1. The van der Waals surface area contributed by atoms with Crippen molar-refractivity contribution in [3.63, 3.8) is 0 Å². The van der Waals surface area contributed by atoms with Crippen LogP contribution in [-0.4, -0.2) is 4.98 Å². The van der Waals surface area contributed by atoms with Crippen LogP contribution < -0.4 is 0 Å². The van der Waals surface area contributed by atoms with E-state index >= 15 is 0 Å². The maximum Gasteiger partial charge on any atom is 0.153 e. The molecule has 0 saturated carbocycles. The highest BCUT2D eigenvalue weighted by Crippen LogP contribution is 2.26. The van der Waals surface area contributed by atoms with Crippen molar-refractivity contribution in [1.29, 1.82) is 0 Å².